The van der Waals surface area contributed by atoms with Gasteiger partial charge in [0.2, 0.25) is 0 Å². The zero-order valence-electron chi connectivity index (χ0n) is 15.6. The summed E-state index contributed by atoms with van der Waals surface area (Å²) in [4.78, 5) is 12.8. The number of allylic oxidation sites excluding steroid dienone is 2. The lowest BCUT2D eigenvalue weighted by Crippen LogP contribution is -2.27. The van der Waals surface area contributed by atoms with E-state index in [1.165, 1.54) is 18.2 Å². The molecular weight excluding hydrogens is 312 g/mol. The predicted molar refractivity (Wildman–Crippen MR) is 98.4 cm³/mol. The normalized spacial score (nSPS) is 23.8. The second-order valence-electron chi connectivity index (χ2n) is 7.71. The summed E-state index contributed by atoms with van der Waals surface area (Å²) in [7, 11) is 1.46. The maximum atomic E-state index is 12.8. The van der Waals surface area contributed by atoms with Crippen LogP contribution in [-0.4, -0.2) is 13.1 Å². The quantitative estimate of drug-likeness (QED) is 0.575. The molecule has 3 heteroatoms. The van der Waals surface area contributed by atoms with Gasteiger partial charge in [0.25, 0.3) is 0 Å². The van der Waals surface area contributed by atoms with E-state index in [0.717, 1.165) is 11.3 Å². The summed E-state index contributed by atoms with van der Waals surface area (Å²) in [5, 5.41) is 0. The maximum absolute atomic E-state index is 12.8. The molecule has 0 radical (unpaired) electrons. The van der Waals surface area contributed by atoms with E-state index in [1.807, 2.05) is 24.3 Å². The average Bonchev–Trinajstić information content (AvgIpc) is 2.89. The van der Waals surface area contributed by atoms with Crippen LogP contribution in [-0.2, 0) is 21.4 Å². The molecule has 0 aliphatic heterocycles. The Morgan fingerprint density at radius 2 is 1.92 bits per heavy atom. The molecule has 0 spiro atoms. The fourth-order valence-corrected chi connectivity index (χ4v) is 4.17. The summed E-state index contributed by atoms with van der Waals surface area (Å²) in [5.74, 6) is 0.787. The summed E-state index contributed by atoms with van der Waals surface area (Å²) in [5.41, 5.74) is 2.43. The highest BCUT2D eigenvalue weighted by molar-refractivity contribution is 5.90. The topological polar surface area (TPSA) is 39.4 Å². The van der Waals surface area contributed by atoms with E-state index in [1.54, 1.807) is 6.26 Å². The Balaban J connectivity index is 1.97. The van der Waals surface area contributed by atoms with E-state index in [0.29, 0.717) is 6.42 Å². The van der Waals surface area contributed by atoms with Crippen molar-refractivity contribution in [1.29, 1.82) is 0 Å². The Hall–Kier alpha value is -2.29. The van der Waals surface area contributed by atoms with E-state index in [9.17, 15) is 4.79 Å². The number of methoxy groups -OCH3 is 1. The Morgan fingerprint density at radius 1 is 1.24 bits per heavy atom. The first-order valence-electron chi connectivity index (χ1n) is 8.69. The first-order valence-corrected chi connectivity index (χ1v) is 8.69. The van der Waals surface area contributed by atoms with Crippen LogP contribution in [0.4, 0.5) is 0 Å². The molecule has 0 amide bonds. The number of esters is 1. The second-order valence-corrected chi connectivity index (χ2v) is 7.71. The summed E-state index contributed by atoms with van der Waals surface area (Å²) in [6, 6.07) is 12.2. The van der Waals surface area contributed by atoms with Crippen molar-refractivity contribution in [3.8, 4) is 0 Å². The fourth-order valence-electron chi connectivity index (χ4n) is 4.17. The number of carbonyl (C=O) groups is 1. The smallest absolute Gasteiger partial charge is 0.317 e. The van der Waals surface area contributed by atoms with Gasteiger partial charge in [-0.05, 0) is 30.9 Å². The van der Waals surface area contributed by atoms with Crippen LogP contribution in [0.25, 0.3) is 0 Å². The molecule has 2 aromatic rings. The van der Waals surface area contributed by atoms with Gasteiger partial charge in [-0.15, -0.1) is 0 Å². The number of rotatable bonds is 5. The van der Waals surface area contributed by atoms with Gasteiger partial charge in [0.15, 0.2) is 0 Å². The van der Waals surface area contributed by atoms with Gasteiger partial charge in [0.1, 0.15) is 11.2 Å². The second kappa shape index (κ2) is 6.21. The third-order valence-electron chi connectivity index (χ3n) is 5.51. The van der Waals surface area contributed by atoms with Crippen molar-refractivity contribution in [2.24, 2.45) is 11.3 Å². The summed E-state index contributed by atoms with van der Waals surface area (Å²) in [6.45, 7) is 8.37. The minimum atomic E-state index is -0.669. The lowest BCUT2D eigenvalue weighted by molar-refractivity contribution is -0.145. The lowest BCUT2D eigenvalue weighted by Gasteiger charge is -2.16. The van der Waals surface area contributed by atoms with Crippen LogP contribution in [0.5, 0.6) is 0 Å². The van der Waals surface area contributed by atoms with E-state index < -0.39 is 5.41 Å². The van der Waals surface area contributed by atoms with Crippen molar-refractivity contribution in [3.05, 3.63) is 71.2 Å². The number of ether oxygens (including phenoxy) is 1. The third kappa shape index (κ3) is 2.72. The fraction of sp³-hybridized carbons (Fsp3) is 0.409. The van der Waals surface area contributed by atoms with Crippen molar-refractivity contribution < 1.29 is 13.9 Å². The SMILES string of the molecule is COC(=O)C1(c2coc(Cc3ccccc3)c2)C(C=C(C)C)C1(C)C. The number of carbonyl (C=O) groups excluding carboxylic acids is 1. The predicted octanol–water partition coefficient (Wildman–Crippen LogP) is 4.90. The van der Waals surface area contributed by atoms with Gasteiger partial charge in [-0.3, -0.25) is 4.79 Å². The minimum Gasteiger partial charge on any atom is -0.469 e. The molecule has 1 heterocycles. The van der Waals surface area contributed by atoms with Crippen LogP contribution in [0.3, 0.4) is 0 Å². The van der Waals surface area contributed by atoms with Gasteiger partial charge in [-0.2, -0.15) is 0 Å². The molecule has 25 heavy (non-hydrogen) atoms. The van der Waals surface area contributed by atoms with Crippen molar-refractivity contribution in [3.63, 3.8) is 0 Å². The van der Waals surface area contributed by atoms with E-state index >= 15 is 0 Å². The number of hydrogen-bond acceptors (Lipinski definition) is 3. The zero-order valence-corrected chi connectivity index (χ0v) is 15.6. The molecule has 1 fully saturated rings. The molecule has 0 N–H and O–H groups in total. The standard InChI is InChI=1S/C22H26O3/c1-15(2)11-19-21(3,4)22(19,20(23)24-5)17-13-18(25-14-17)12-16-9-7-6-8-10-16/h6-11,13-14,19H,12H2,1-5H3. The van der Waals surface area contributed by atoms with Crippen molar-refractivity contribution >= 4 is 5.97 Å². The summed E-state index contributed by atoms with van der Waals surface area (Å²) < 4.78 is 11.0. The molecule has 132 valence electrons. The molecule has 0 bridgehead atoms. The molecular formula is C22H26O3. The Labute approximate surface area is 149 Å². The highest BCUT2D eigenvalue weighted by Crippen LogP contribution is 2.71. The molecule has 3 rings (SSSR count). The van der Waals surface area contributed by atoms with E-state index in [-0.39, 0.29) is 17.3 Å². The first-order chi connectivity index (χ1) is 11.8. The number of hydrogen-bond donors (Lipinski definition) is 0. The van der Waals surface area contributed by atoms with Crippen molar-refractivity contribution in [2.75, 3.05) is 7.11 Å². The van der Waals surface area contributed by atoms with Crippen LogP contribution >= 0.6 is 0 Å². The molecule has 0 saturated heterocycles. The highest BCUT2D eigenvalue weighted by atomic mass is 16.5. The molecule has 3 nitrogen and oxygen atoms in total. The molecule has 2 unspecified atom stereocenters. The highest BCUT2D eigenvalue weighted by Gasteiger charge is 2.76. The number of benzene rings is 1. The van der Waals surface area contributed by atoms with Crippen molar-refractivity contribution in [2.45, 2.75) is 39.5 Å². The van der Waals surface area contributed by atoms with Crippen LogP contribution in [0.2, 0.25) is 0 Å². The molecule has 1 aromatic heterocycles. The van der Waals surface area contributed by atoms with Crippen molar-refractivity contribution in [1.82, 2.24) is 0 Å². The molecule has 1 aliphatic rings. The number of furan rings is 1. The van der Waals surface area contributed by atoms with Gasteiger partial charge < -0.3 is 9.15 Å². The minimum absolute atomic E-state index is 0.111. The van der Waals surface area contributed by atoms with Gasteiger partial charge in [0.05, 0.1) is 13.4 Å². The van der Waals surface area contributed by atoms with Crippen LogP contribution < -0.4 is 0 Å². The van der Waals surface area contributed by atoms with Gasteiger partial charge in [-0.25, -0.2) is 0 Å². The Kier molecular flexibility index (Phi) is 4.36. The van der Waals surface area contributed by atoms with Crippen LogP contribution in [0.15, 0.2) is 58.7 Å². The van der Waals surface area contributed by atoms with E-state index in [4.69, 9.17) is 9.15 Å². The lowest BCUT2D eigenvalue weighted by atomic mass is 9.89. The Bertz CT molecular complexity index is 794. The monoisotopic (exact) mass is 338 g/mol. The van der Waals surface area contributed by atoms with Crippen LogP contribution in [0, 0.1) is 11.3 Å². The van der Waals surface area contributed by atoms with Gasteiger partial charge >= 0.3 is 5.97 Å². The van der Waals surface area contributed by atoms with Gasteiger partial charge in [0, 0.05) is 17.9 Å². The van der Waals surface area contributed by atoms with Gasteiger partial charge in [-0.1, -0.05) is 55.8 Å². The maximum Gasteiger partial charge on any atom is 0.317 e. The molecule has 2 atom stereocenters. The average molecular weight is 338 g/mol. The molecule has 1 aliphatic carbocycles. The van der Waals surface area contributed by atoms with Crippen LogP contribution in [0.1, 0.15) is 44.6 Å². The summed E-state index contributed by atoms with van der Waals surface area (Å²) in [6.07, 6.45) is 4.63. The largest absolute Gasteiger partial charge is 0.469 e. The Morgan fingerprint density at radius 3 is 2.52 bits per heavy atom. The zero-order chi connectivity index (χ0) is 18.2. The first kappa shape index (κ1) is 17.5. The van der Waals surface area contributed by atoms with E-state index in [2.05, 4.69) is 45.9 Å². The third-order valence-corrected chi connectivity index (χ3v) is 5.51. The molecule has 1 aromatic carbocycles. The molecule has 1 saturated carbocycles. The summed E-state index contributed by atoms with van der Waals surface area (Å²) >= 11 is 0.